The van der Waals surface area contributed by atoms with Gasteiger partial charge in [0.15, 0.2) is 0 Å². The Bertz CT molecular complexity index is 747. The molecular formula is C13H16N4O3. The third-order valence-corrected chi connectivity index (χ3v) is 3.11. The summed E-state index contributed by atoms with van der Waals surface area (Å²) in [5.74, 6) is -0.349. The summed E-state index contributed by atoms with van der Waals surface area (Å²) in [5, 5.41) is 0. The van der Waals surface area contributed by atoms with Crippen LogP contribution in [-0.2, 0) is 4.79 Å². The van der Waals surface area contributed by atoms with E-state index in [1.807, 2.05) is 0 Å². The molecule has 106 valence electrons. The summed E-state index contributed by atoms with van der Waals surface area (Å²) in [6, 6.07) is 4.94. The maximum Gasteiger partial charge on any atom is 0.314 e. The number of carbonyl (C=O) groups is 1. The Labute approximate surface area is 114 Å². The highest BCUT2D eigenvalue weighted by atomic mass is 16.2. The van der Waals surface area contributed by atoms with Crippen molar-refractivity contribution < 1.29 is 4.79 Å². The van der Waals surface area contributed by atoms with Crippen molar-refractivity contribution in [3.63, 3.8) is 0 Å². The molecule has 0 aliphatic heterocycles. The number of aromatic amines is 2. The Morgan fingerprint density at radius 3 is 2.45 bits per heavy atom. The lowest BCUT2D eigenvalue weighted by molar-refractivity contribution is -0.118. The van der Waals surface area contributed by atoms with E-state index in [1.54, 1.807) is 18.2 Å². The Morgan fingerprint density at radius 1 is 1.15 bits per heavy atom. The van der Waals surface area contributed by atoms with Crippen LogP contribution in [0.5, 0.6) is 0 Å². The molecule has 0 radical (unpaired) electrons. The number of hydrogen-bond donors (Lipinski definition) is 4. The molecule has 2 rings (SSSR count). The molecule has 1 atom stereocenters. The number of nitrogens with two attached hydrogens (primary N) is 2. The third kappa shape index (κ3) is 3.12. The number of carbonyl (C=O) groups excluding carboxylic acids is 1. The molecule has 0 spiro atoms. The van der Waals surface area contributed by atoms with Crippen molar-refractivity contribution in [1.82, 2.24) is 9.97 Å². The van der Waals surface area contributed by atoms with Crippen LogP contribution in [0.25, 0.3) is 11.0 Å². The first-order chi connectivity index (χ1) is 9.47. The summed E-state index contributed by atoms with van der Waals surface area (Å²) in [4.78, 5) is 38.1. The number of fused-ring (bicyclic) bond motifs is 1. The summed E-state index contributed by atoms with van der Waals surface area (Å²) in [6.07, 6.45) is 1.52. The lowest BCUT2D eigenvalue weighted by Gasteiger charge is -2.12. The van der Waals surface area contributed by atoms with Gasteiger partial charge in [-0.3, -0.25) is 14.4 Å². The Morgan fingerprint density at radius 2 is 1.80 bits per heavy atom. The standard InChI is InChI=1S/C13H16N4O3/c14-8(2-1-3-11(15)18)7-4-5-9-10(6-7)17-13(20)12(19)16-9/h4-6,8H,1-3,14H2,(H2,15,18)(H,16,19)(H,17,20). The van der Waals surface area contributed by atoms with E-state index in [-0.39, 0.29) is 11.9 Å². The van der Waals surface area contributed by atoms with Crippen LogP contribution in [0.15, 0.2) is 27.8 Å². The molecule has 0 saturated carbocycles. The number of aromatic nitrogens is 2. The van der Waals surface area contributed by atoms with Crippen LogP contribution in [0, 0.1) is 0 Å². The average molecular weight is 276 g/mol. The normalized spacial score (nSPS) is 12.4. The number of amides is 1. The van der Waals surface area contributed by atoms with E-state index in [2.05, 4.69) is 9.97 Å². The molecule has 0 saturated heterocycles. The van der Waals surface area contributed by atoms with Gasteiger partial charge in [0.2, 0.25) is 5.91 Å². The molecule has 0 fully saturated rings. The van der Waals surface area contributed by atoms with Crippen LogP contribution >= 0.6 is 0 Å². The van der Waals surface area contributed by atoms with E-state index in [4.69, 9.17) is 11.5 Å². The van der Waals surface area contributed by atoms with Gasteiger partial charge in [0, 0.05) is 12.5 Å². The summed E-state index contributed by atoms with van der Waals surface area (Å²) >= 11 is 0. The average Bonchev–Trinajstić information content (AvgIpc) is 2.39. The number of hydrogen-bond acceptors (Lipinski definition) is 4. The highest BCUT2D eigenvalue weighted by Gasteiger charge is 2.08. The van der Waals surface area contributed by atoms with E-state index in [0.29, 0.717) is 30.3 Å². The summed E-state index contributed by atoms with van der Waals surface area (Å²) < 4.78 is 0. The van der Waals surface area contributed by atoms with Gasteiger partial charge in [0.1, 0.15) is 0 Å². The fraction of sp³-hybridized carbons (Fsp3) is 0.308. The second-order valence-corrected chi connectivity index (χ2v) is 4.68. The van der Waals surface area contributed by atoms with Gasteiger partial charge in [0.05, 0.1) is 11.0 Å². The van der Waals surface area contributed by atoms with Crippen LogP contribution in [0.4, 0.5) is 0 Å². The maximum atomic E-state index is 11.3. The van der Waals surface area contributed by atoms with Crippen molar-refractivity contribution in [3.8, 4) is 0 Å². The molecule has 1 amide bonds. The fourth-order valence-electron chi connectivity index (χ4n) is 2.03. The molecule has 0 aliphatic rings. The monoisotopic (exact) mass is 276 g/mol. The molecule has 7 heteroatoms. The first kappa shape index (κ1) is 14.0. The first-order valence-electron chi connectivity index (χ1n) is 6.27. The zero-order chi connectivity index (χ0) is 14.7. The first-order valence-corrected chi connectivity index (χ1v) is 6.27. The molecule has 0 bridgehead atoms. The van der Waals surface area contributed by atoms with Gasteiger partial charge in [-0.2, -0.15) is 0 Å². The lowest BCUT2D eigenvalue weighted by Crippen LogP contribution is -2.29. The van der Waals surface area contributed by atoms with E-state index in [9.17, 15) is 14.4 Å². The van der Waals surface area contributed by atoms with E-state index < -0.39 is 11.1 Å². The number of primary amides is 1. The van der Waals surface area contributed by atoms with E-state index in [1.165, 1.54) is 0 Å². The van der Waals surface area contributed by atoms with Crippen molar-refractivity contribution in [2.75, 3.05) is 0 Å². The van der Waals surface area contributed by atoms with Crippen LogP contribution < -0.4 is 22.6 Å². The van der Waals surface area contributed by atoms with Crippen molar-refractivity contribution >= 4 is 16.9 Å². The van der Waals surface area contributed by atoms with E-state index >= 15 is 0 Å². The molecule has 1 aromatic carbocycles. The minimum absolute atomic E-state index is 0.255. The molecule has 6 N–H and O–H groups in total. The lowest BCUT2D eigenvalue weighted by atomic mass is 10.0. The van der Waals surface area contributed by atoms with Gasteiger partial charge >= 0.3 is 11.1 Å². The van der Waals surface area contributed by atoms with Crippen LogP contribution in [0.2, 0.25) is 0 Å². The van der Waals surface area contributed by atoms with Gasteiger partial charge in [-0.25, -0.2) is 0 Å². The van der Waals surface area contributed by atoms with Crippen molar-refractivity contribution in [2.24, 2.45) is 11.5 Å². The number of H-pyrrole nitrogens is 2. The third-order valence-electron chi connectivity index (χ3n) is 3.11. The highest BCUT2D eigenvalue weighted by Crippen LogP contribution is 2.19. The minimum Gasteiger partial charge on any atom is -0.370 e. The number of nitrogens with one attached hydrogen (secondary N) is 2. The predicted octanol–water partition coefficient (Wildman–Crippen LogP) is -0.128. The molecule has 1 heterocycles. The van der Waals surface area contributed by atoms with Crippen molar-refractivity contribution in [1.29, 1.82) is 0 Å². The second-order valence-electron chi connectivity index (χ2n) is 4.68. The molecule has 7 nitrogen and oxygen atoms in total. The largest absolute Gasteiger partial charge is 0.370 e. The van der Waals surface area contributed by atoms with Gasteiger partial charge in [-0.15, -0.1) is 0 Å². The Balaban J connectivity index is 2.22. The minimum atomic E-state index is -0.697. The molecular weight excluding hydrogens is 260 g/mol. The van der Waals surface area contributed by atoms with Gasteiger partial charge < -0.3 is 21.4 Å². The molecule has 0 aliphatic carbocycles. The quantitative estimate of drug-likeness (QED) is 0.566. The van der Waals surface area contributed by atoms with Gasteiger partial charge in [-0.1, -0.05) is 6.07 Å². The smallest absolute Gasteiger partial charge is 0.314 e. The Hall–Kier alpha value is -2.41. The van der Waals surface area contributed by atoms with Crippen LogP contribution in [0.1, 0.15) is 30.9 Å². The molecule has 1 aromatic heterocycles. The fourth-order valence-corrected chi connectivity index (χ4v) is 2.03. The zero-order valence-corrected chi connectivity index (χ0v) is 10.8. The van der Waals surface area contributed by atoms with Crippen molar-refractivity contribution in [2.45, 2.75) is 25.3 Å². The molecule has 2 aromatic rings. The molecule has 1 unspecified atom stereocenters. The van der Waals surface area contributed by atoms with Crippen LogP contribution in [0.3, 0.4) is 0 Å². The summed E-state index contributed by atoms with van der Waals surface area (Å²) in [7, 11) is 0. The second kappa shape index (κ2) is 5.70. The van der Waals surface area contributed by atoms with Crippen molar-refractivity contribution in [3.05, 3.63) is 44.5 Å². The summed E-state index contributed by atoms with van der Waals surface area (Å²) in [6.45, 7) is 0. The molecule has 20 heavy (non-hydrogen) atoms. The maximum absolute atomic E-state index is 11.3. The zero-order valence-electron chi connectivity index (χ0n) is 10.8. The van der Waals surface area contributed by atoms with Crippen LogP contribution in [-0.4, -0.2) is 15.9 Å². The highest BCUT2D eigenvalue weighted by molar-refractivity contribution is 5.74. The topological polar surface area (TPSA) is 135 Å². The van der Waals surface area contributed by atoms with Gasteiger partial charge in [0.25, 0.3) is 0 Å². The predicted molar refractivity (Wildman–Crippen MR) is 75.2 cm³/mol. The van der Waals surface area contributed by atoms with Gasteiger partial charge in [-0.05, 0) is 30.5 Å². The Kier molecular flexibility index (Phi) is 3.99. The summed E-state index contributed by atoms with van der Waals surface area (Å²) in [5.41, 5.74) is 11.6. The SMILES string of the molecule is NC(=O)CCCC(N)c1ccc2[nH]c(=O)c(=O)[nH]c2c1. The number of benzene rings is 1. The number of rotatable bonds is 5. The van der Waals surface area contributed by atoms with E-state index in [0.717, 1.165) is 5.56 Å².